The average molecular weight is 228 g/mol. The van der Waals surface area contributed by atoms with E-state index in [-0.39, 0.29) is 0 Å². The van der Waals surface area contributed by atoms with E-state index < -0.39 is 0 Å². The van der Waals surface area contributed by atoms with Gasteiger partial charge in [-0.3, -0.25) is 0 Å². The molecule has 2 nitrogen and oxygen atoms in total. The van der Waals surface area contributed by atoms with Gasteiger partial charge in [0, 0.05) is 17.5 Å². The van der Waals surface area contributed by atoms with Crippen molar-refractivity contribution in [1.82, 2.24) is 4.98 Å². The molecule has 0 aliphatic carbocycles. The SMILES string of the molecule is NCCc1cnc(CC2CCSC2)s1. The van der Waals surface area contributed by atoms with Crippen molar-refractivity contribution in [2.75, 3.05) is 18.1 Å². The Morgan fingerprint density at radius 1 is 1.57 bits per heavy atom. The third kappa shape index (κ3) is 2.72. The topological polar surface area (TPSA) is 38.9 Å². The fraction of sp³-hybridized carbons (Fsp3) is 0.700. The molecule has 1 aromatic rings. The molecule has 1 fully saturated rings. The van der Waals surface area contributed by atoms with E-state index in [0.717, 1.165) is 18.9 Å². The van der Waals surface area contributed by atoms with Crippen LogP contribution in [0.4, 0.5) is 0 Å². The van der Waals surface area contributed by atoms with Gasteiger partial charge in [-0.1, -0.05) is 0 Å². The Bertz CT molecular complexity index is 279. The van der Waals surface area contributed by atoms with Crippen molar-refractivity contribution in [2.45, 2.75) is 19.3 Å². The van der Waals surface area contributed by atoms with Gasteiger partial charge < -0.3 is 5.73 Å². The first-order chi connectivity index (χ1) is 6.88. The molecule has 1 aromatic heterocycles. The second-order valence-electron chi connectivity index (χ2n) is 3.69. The number of aromatic nitrogens is 1. The van der Waals surface area contributed by atoms with Crippen LogP contribution in [0.15, 0.2) is 6.20 Å². The number of thioether (sulfide) groups is 1. The minimum Gasteiger partial charge on any atom is -0.330 e. The summed E-state index contributed by atoms with van der Waals surface area (Å²) in [4.78, 5) is 5.79. The lowest BCUT2D eigenvalue weighted by atomic mass is 10.1. The molecule has 0 saturated carbocycles. The molecule has 1 saturated heterocycles. The average Bonchev–Trinajstić information content (AvgIpc) is 2.79. The van der Waals surface area contributed by atoms with Gasteiger partial charge in [-0.15, -0.1) is 11.3 Å². The van der Waals surface area contributed by atoms with Crippen LogP contribution in [0.1, 0.15) is 16.3 Å². The van der Waals surface area contributed by atoms with Crippen molar-refractivity contribution >= 4 is 23.1 Å². The molecular weight excluding hydrogens is 212 g/mol. The quantitative estimate of drug-likeness (QED) is 0.856. The first-order valence-electron chi connectivity index (χ1n) is 5.10. The van der Waals surface area contributed by atoms with Gasteiger partial charge in [-0.05, 0) is 36.8 Å². The van der Waals surface area contributed by atoms with E-state index >= 15 is 0 Å². The number of nitrogens with zero attached hydrogens (tertiary/aromatic N) is 1. The van der Waals surface area contributed by atoms with Crippen LogP contribution in [-0.2, 0) is 12.8 Å². The highest BCUT2D eigenvalue weighted by Gasteiger charge is 2.17. The normalized spacial score (nSPS) is 21.6. The summed E-state index contributed by atoms with van der Waals surface area (Å²) in [6.07, 6.45) is 5.53. The van der Waals surface area contributed by atoms with Gasteiger partial charge in [0.15, 0.2) is 0 Å². The molecule has 1 aliphatic rings. The molecule has 0 spiro atoms. The zero-order valence-corrected chi connectivity index (χ0v) is 9.87. The molecule has 14 heavy (non-hydrogen) atoms. The van der Waals surface area contributed by atoms with Gasteiger partial charge >= 0.3 is 0 Å². The van der Waals surface area contributed by atoms with Crippen LogP contribution in [0.25, 0.3) is 0 Å². The van der Waals surface area contributed by atoms with Crippen LogP contribution < -0.4 is 5.73 Å². The highest BCUT2D eigenvalue weighted by Crippen LogP contribution is 2.27. The summed E-state index contributed by atoms with van der Waals surface area (Å²) < 4.78 is 0. The molecule has 1 aliphatic heterocycles. The molecule has 78 valence electrons. The Morgan fingerprint density at radius 2 is 2.50 bits per heavy atom. The van der Waals surface area contributed by atoms with Crippen LogP contribution in [0.2, 0.25) is 0 Å². The summed E-state index contributed by atoms with van der Waals surface area (Å²) in [6.45, 7) is 0.737. The Morgan fingerprint density at radius 3 is 3.21 bits per heavy atom. The Labute approximate surface area is 93.3 Å². The third-order valence-electron chi connectivity index (χ3n) is 2.48. The minimum absolute atomic E-state index is 0.737. The van der Waals surface area contributed by atoms with Crippen molar-refractivity contribution in [3.05, 3.63) is 16.1 Å². The molecule has 1 unspecified atom stereocenters. The Kier molecular flexibility index (Phi) is 3.84. The van der Waals surface area contributed by atoms with Gasteiger partial charge in [0.1, 0.15) is 0 Å². The zero-order chi connectivity index (χ0) is 9.80. The van der Waals surface area contributed by atoms with Gasteiger partial charge in [0.05, 0.1) is 5.01 Å². The fourth-order valence-corrected chi connectivity index (χ4v) is 4.03. The van der Waals surface area contributed by atoms with Gasteiger partial charge in [0.25, 0.3) is 0 Å². The summed E-state index contributed by atoms with van der Waals surface area (Å²) in [6, 6.07) is 0. The number of rotatable bonds is 4. The molecule has 2 heterocycles. The molecule has 1 atom stereocenters. The summed E-state index contributed by atoms with van der Waals surface area (Å²) in [5.41, 5.74) is 5.51. The Hall–Kier alpha value is -0.0600. The van der Waals surface area contributed by atoms with E-state index in [1.807, 2.05) is 17.5 Å². The molecule has 2 rings (SSSR count). The predicted octanol–water partition coefficient (Wildman–Crippen LogP) is 1.94. The monoisotopic (exact) mass is 228 g/mol. The highest BCUT2D eigenvalue weighted by atomic mass is 32.2. The van der Waals surface area contributed by atoms with Crippen LogP contribution in [-0.4, -0.2) is 23.0 Å². The molecule has 4 heteroatoms. The number of nitrogens with two attached hydrogens (primary N) is 1. The standard InChI is InChI=1S/C10H16N2S2/c11-3-1-9-6-12-10(14-9)5-8-2-4-13-7-8/h6,8H,1-5,7,11H2. The number of hydrogen-bond donors (Lipinski definition) is 1. The molecule has 0 amide bonds. The zero-order valence-electron chi connectivity index (χ0n) is 8.24. The van der Waals surface area contributed by atoms with Crippen molar-refractivity contribution in [2.24, 2.45) is 11.7 Å². The maximum absolute atomic E-state index is 5.51. The van der Waals surface area contributed by atoms with Crippen LogP contribution >= 0.6 is 23.1 Å². The van der Waals surface area contributed by atoms with E-state index in [1.165, 1.54) is 34.2 Å². The largest absolute Gasteiger partial charge is 0.330 e. The van der Waals surface area contributed by atoms with Gasteiger partial charge in [-0.25, -0.2) is 4.98 Å². The van der Waals surface area contributed by atoms with Gasteiger partial charge in [-0.2, -0.15) is 11.8 Å². The minimum atomic E-state index is 0.737. The van der Waals surface area contributed by atoms with E-state index in [9.17, 15) is 0 Å². The lowest BCUT2D eigenvalue weighted by molar-refractivity contribution is 0.594. The summed E-state index contributed by atoms with van der Waals surface area (Å²) in [5.74, 6) is 3.54. The molecular formula is C10H16N2S2. The molecule has 0 bridgehead atoms. The van der Waals surface area contributed by atoms with Crippen molar-refractivity contribution in [1.29, 1.82) is 0 Å². The predicted molar refractivity (Wildman–Crippen MR) is 64.0 cm³/mol. The van der Waals surface area contributed by atoms with Gasteiger partial charge in [0.2, 0.25) is 0 Å². The Balaban J connectivity index is 1.88. The lowest BCUT2D eigenvalue weighted by Gasteiger charge is -2.03. The maximum atomic E-state index is 5.51. The van der Waals surface area contributed by atoms with Crippen molar-refractivity contribution in [3.63, 3.8) is 0 Å². The lowest BCUT2D eigenvalue weighted by Crippen LogP contribution is -2.01. The van der Waals surface area contributed by atoms with E-state index in [1.54, 1.807) is 0 Å². The van der Waals surface area contributed by atoms with E-state index in [2.05, 4.69) is 16.7 Å². The molecule has 2 N–H and O–H groups in total. The summed E-state index contributed by atoms with van der Waals surface area (Å²) in [5, 5.41) is 1.31. The fourth-order valence-electron chi connectivity index (χ4n) is 1.69. The van der Waals surface area contributed by atoms with E-state index in [0.29, 0.717) is 0 Å². The van der Waals surface area contributed by atoms with Crippen LogP contribution in [0.5, 0.6) is 0 Å². The second-order valence-corrected chi connectivity index (χ2v) is 6.04. The van der Waals surface area contributed by atoms with Crippen LogP contribution in [0, 0.1) is 5.92 Å². The summed E-state index contributed by atoms with van der Waals surface area (Å²) >= 11 is 3.92. The first kappa shape index (κ1) is 10.5. The number of thiazole rings is 1. The summed E-state index contributed by atoms with van der Waals surface area (Å²) in [7, 11) is 0. The molecule has 0 radical (unpaired) electrons. The first-order valence-corrected chi connectivity index (χ1v) is 7.07. The molecule has 0 aromatic carbocycles. The number of hydrogen-bond acceptors (Lipinski definition) is 4. The second kappa shape index (κ2) is 5.14. The van der Waals surface area contributed by atoms with E-state index in [4.69, 9.17) is 5.73 Å². The maximum Gasteiger partial charge on any atom is 0.0930 e. The van der Waals surface area contributed by atoms with Crippen molar-refractivity contribution in [3.8, 4) is 0 Å². The highest BCUT2D eigenvalue weighted by molar-refractivity contribution is 7.99. The smallest absolute Gasteiger partial charge is 0.0930 e. The third-order valence-corrected chi connectivity index (χ3v) is 4.79. The van der Waals surface area contributed by atoms with Crippen molar-refractivity contribution < 1.29 is 0 Å². The van der Waals surface area contributed by atoms with Crippen LogP contribution in [0.3, 0.4) is 0 Å².